The molecule has 94 valence electrons. The van der Waals surface area contributed by atoms with Crippen molar-refractivity contribution in [3.8, 4) is 6.07 Å². The summed E-state index contributed by atoms with van der Waals surface area (Å²) in [6.45, 7) is 2.04. The summed E-state index contributed by atoms with van der Waals surface area (Å²) in [5, 5.41) is 18.1. The first-order chi connectivity index (χ1) is 8.52. The fourth-order valence-corrected chi connectivity index (χ4v) is 2.12. The Morgan fingerprint density at radius 1 is 1.67 bits per heavy atom. The summed E-state index contributed by atoms with van der Waals surface area (Å²) < 4.78 is 5.30. The molecule has 0 bridgehead atoms. The molecule has 0 spiro atoms. The lowest BCUT2D eigenvalue weighted by molar-refractivity contribution is -0.148. The molecule has 0 radical (unpaired) electrons. The van der Waals surface area contributed by atoms with Crippen LogP contribution >= 0.6 is 11.6 Å². The molecule has 1 N–H and O–H groups in total. The number of halogens is 1. The molecule has 1 heterocycles. The van der Waals surface area contributed by atoms with E-state index in [1.54, 1.807) is 30.0 Å². The maximum atomic E-state index is 10.9. The summed E-state index contributed by atoms with van der Waals surface area (Å²) in [6, 6.07) is 6.96. The second-order valence-electron chi connectivity index (χ2n) is 3.99. The fourth-order valence-electron chi connectivity index (χ4n) is 1.91. The van der Waals surface area contributed by atoms with E-state index in [2.05, 4.69) is 0 Å². The zero-order valence-electron chi connectivity index (χ0n) is 9.63. The van der Waals surface area contributed by atoms with Gasteiger partial charge in [0.15, 0.2) is 6.10 Å². The summed E-state index contributed by atoms with van der Waals surface area (Å²) in [7, 11) is 0. The first-order valence-electron chi connectivity index (χ1n) is 5.37. The van der Waals surface area contributed by atoms with Crippen LogP contribution in [0.3, 0.4) is 0 Å². The van der Waals surface area contributed by atoms with E-state index in [-0.39, 0.29) is 12.8 Å². The van der Waals surface area contributed by atoms with Crippen LogP contribution in [0.4, 0.5) is 5.69 Å². The third-order valence-electron chi connectivity index (χ3n) is 2.84. The molecule has 2 rings (SSSR count). The number of hydrogen-bond donors (Lipinski definition) is 1. The smallest absolute Gasteiger partial charge is 0.334 e. The molecule has 18 heavy (non-hydrogen) atoms. The highest BCUT2D eigenvalue weighted by Gasteiger charge is 2.34. The molecule has 0 aliphatic carbocycles. The molecule has 1 fully saturated rings. The minimum atomic E-state index is -0.982. The second kappa shape index (κ2) is 4.84. The number of anilines is 1. The predicted molar refractivity (Wildman–Crippen MR) is 65.5 cm³/mol. The summed E-state index contributed by atoms with van der Waals surface area (Å²) in [6.07, 6.45) is -1.18. The summed E-state index contributed by atoms with van der Waals surface area (Å²) >= 11 is 5.95. The van der Waals surface area contributed by atoms with Crippen LogP contribution in [0.15, 0.2) is 18.2 Å². The van der Waals surface area contributed by atoms with Crippen molar-refractivity contribution >= 4 is 23.3 Å². The maximum Gasteiger partial charge on any atom is 0.334 e. The molecule has 1 aromatic rings. The highest BCUT2D eigenvalue weighted by Crippen LogP contribution is 2.28. The van der Waals surface area contributed by atoms with E-state index in [0.29, 0.717) is 10.6 Å². The van der Waals surface area contributed by atoms with E-state index < -0.39 is 12.1 Å². The molecule has 2 atom stereocenters. The second-order valence-corrected chi connectivity index (χ2v) is 4.40. The molecule has 0 amide bonds. The zero-order valence-corrected chi connectivity index (χ0v) is 10.4. The Balaban J connectivity index is 2.25. The summed E-state index contributed by atoms with van der Waals surface area (Å²) in [4.78, 5) is 12.7. The molecule has 1 saturated heterocycles. The Labute approximate surface area is 109 Å². The molecular weight excluding hydrogens is 256 g/mol. The number of hydrogen-bond acceptors (Lipinski definition) is 4. The average Bonchev–Trinajstić information content (AvgIpc) is 2.71. The number of aliphatic carboxylic acids is 1. The van der Waals surface area contributed by atoms with Crippen molar-refractivity contribution in [3.05, 3.63) is 28.8 Å². The third-order valence-corrected chi connectivity index (χ3v) is 3.16. The average molecular weight is 267 g/mol. The van der Waals surface area contributed by atoms with E-state index in [0.717, 1.165) is 5.69 Å². The van der Waals surface area contributed by atoms with Crippen molar-refractivity contribution in [1.29, 1.82) is 5.26 Å². The van der Waals surface area contributed by atoms with Crippen LogP contribution in [0.1, 0.15) is 12.5 Å². The standard InChI is InChI=1S/C12H11ClN2O3/c1-7-15(6-11(18-7)12(16)17)9-3-2-8(5-14)10(13)4-9/h2-4,7,11H,6H2,1H3,(H,16,17)/t7-,11+/m1/s1. The highest BCUT2D eigenvalue weighted by molar-refractivity contribution is 6.32. The largest absolute Gasteiger partial charge is 0.479 e. The SMILES string of the molecule is C[C@H]1O[C@H](C(=O)O)CN1c1ccc(C#N)c(Cl)c1. The summed E-state index contributed by atoms with van der Waals surface area (Å²) in [5.41, 5.74) is 1.14. The number of nitriles is 1. The zero-order chi connectivity index (χ0) is 13.3. The van der Waals surface area contributed by atoms with Gasteiger partial charge < -0.3 is 14.7 Å². The monoisotopic (exact) mass is 266 g/mol. The Bertz CT molecular complexity index is 527. The van der Waals surface area contributed by atoms with Gasteiger partial charge in [-0.05, 0) is 25.1 Å². The summed E-state index contributed by atoms with van der Waals surface area (Å²) in [5.74, 6) is -0.982. The van der Waals surface area contributed by atoms with Crippen molar-refractivity contribution in [2.45, 2.75) is 19.3 Å². The van der Waals surface area contributed by atoms with Gasteiger partial charge in [0.05, 0.1) is 17.1 Å². The Hall–Kier alpha value is -1.77. The number of ether oxygens (including phenoxy) is 1. The van der Waals surface area contributed by atoms with Crippen LogP contribution in [0.5, 0.6) is 0 Å². The number of rotatable bonds is 2. The molecule has 0 saturated carbocycles. The van der Waals surface area contributed by atoms with Gasteiger partial charge in [-0.15, -0.1) is 0 Å². The van der Waals surface area contributed by atoms with Gasteiger partial charge in [0.1, 0.15) is 12.3 Å². The number of carbonyl (C=O) groups is 1. The van der Waals surface area contributed by atoms with Crippen molar-refractivity contribution in [3.63, 3.8) is 0 Å². The lowest BCUT2D eigenvalue weighted by atomic mass is 10.2. The lowest BCUT2D eigenvalue weighted by Crippen LogP contribution is -2.28. The Morgan fingerprint density at radius 2 is 2.39 bits per heavy atom. The minimum absolute atomic E-state index is 0.263. The molecule has 1 aliphatic rings. The third kappa shape index (κ3) is 2.26. The van der Waals surface area contributed by atoms with Crippen molar-refractivity contribution in [2.75, 3.05) is 11.4 Å². The van der Waals surface area contributed by atoms with Gasteiger partial charge in [-0.25, -0.2) is 4.79 Å². The van der Waals surface area contributed by atoms with E-state index >= 15 is 0 Å². The molecule has 1 aliphatic heterocycles. The molecule has 5 nitrogen and oxygen atoms in total. The van der Waals surface area contributed by atoms with Gasteiger partial charge in [0.2, 0.25) is 0 Å². The fraction of sp³-hybridized carbons (Fsp3) is 0.333. The number of carboxylic acids is 1. The van der Waals surface area contributed by atoms with Crippen molar-refractivity contribution < 1.29 is 14.6 Å². The molecule has 0 unspecified atom stereocenters. The van der Waals surface area contributed by atoms with Gasteiger partial charge >= 0.3 is 5.97 Å². The maximum absolute atomic E-state index is 10.9. The Kier molecular flexibility index (Phi) is 3.41. The number of nitrogens with zero attached hydrogens (tertiary/aromatic N) is 2. The van der Waals surface area contributed by atoms with Crippen LogP contribution in [0.25, 0.3) is 0 Å². The lowest BCUT2D eigenvalue weighted by Gasteiger charge is -2.21. The van der Waals surface area contributed by atoms with Crippen LogP contribution in [-0.4, -0.2) is 30.0 Å². The topological polar surface area (TPSA) is 73.6 Å². The van der Waals surface area contributed by atoms with Crippen molar-refractivity contribution in [1.82, 2.24) is 0 Å². The predicted octanol–water partition coefficient (Wildman–Crippen LogP) is 1.85. The normalized spacial score (nSPS) is 22.8. The molecule has 1 aromatic carbocycles. The van der Waals surface area contributed by atoms with Crippen LogP contribution in [-0.2, 0) is 9.53 Å². The van der Waals surface area contributed by atoms with Gasteiger partial charge in [0, 0.05) is 5.69 Å². The van der Waals surface area contributed by atoms with Crippen LogP contribution in [0.2, 0.25) is 5.02 Å². The molecular formula is C12H11ClN2O3. The Morgan fingerprint density at radius 3 is 2.89 bits per heavy atom. The van der Waals surface area contributed by atoms with E-state index in [9.17, 15) is 4.79 Å². The number of benzene rings is 1. The molecule has 6 heteroatoms. The van der Waals surface area contributed by atoms with Crippen molar-refractivity contribution in [2.24, 2.45) is 0 Å². The van der Waals surface area contributed by atoms with Gasteiger partial charge in [0.25, 0.3) is 0 Å². The van der Waals surface area contributed by atoms with Gasteiger partial charge in [-0.1, -0.05) is 11.6 Å². The van der Waals surface area contributed by atoms with E-state index in [4.69, 9.17) is 26.7 Å². The minimum Gasteiger partial charge on any atom is -0.479 e. The van der Waals surface area contributed by atoms with E-state index in [1.165, 1.54) is 0 Å². The highest BCUT2D eigenvalue weighted by atomic mass is 35.5. The molecule has 0 aromatic heterocycles. The number of carboxylic acid groups (broad SMARTS) is 1. The van der Waals surface area contributed by atoms with Gasteiger partial charge in [-0.3, -0.25) is 0 Å². The quantitative estimate of drug-likeness (QED) is 0.884. The van der Waals surface area contributed by atoms with Crippen LogP contribution in [0, 0.1) is 11.3 Å². The first kappa shape index (κ1) is 12.7. The van der Waals surface area contributed by atoms with Crippen LogP contribution < -0.4 is 4.90 Å². The van der Waals surface area contributed by atoms with E-state index in [1.807, 2.05) is 6.07 Å². The van der Waals surface area contributed by atoms with Gasteiger partial charge in [-0.2, -0.15) is 5.26 Å². The first-order valence-corrected chi connectivity index (χ1v) is 5.75.